The minimum absolute atomic E-state index is 0.0859. The Kier molecular flexibility index (Phi) is 3.11. The molecule has 18 heavy (non-hydrogen) atoms. The number of aromatic hydroxyl groups is 1. The van der Waals surface area contributed by atoms with Gasteiger partial charge in [0.15, 0.2) is 0 Å². The molecule has 0 aliphatic rings. The summed E-state index contributed by atoms with van der Waals surface area (Å²) in [6.45, 7) is 3.57. The van der Waals surface area contributed by atoms with Gasteiger partial charge in [-0.25, -0.2) is 0 Å². The van der Waals surface area contributed by atoms with E-state index in [9.17, 15) is 5.11 Å². The van der Waals surface area contributed by atoms with Crippen LogP contribution in [-0.4, -0.2) is 15.3 Å². The van der Waals surface area contributed by atoms with Gasteiger partial charge in [0.25, 0.3) is 5.88 Å². The molecule has 0 atom stereocenters. The first-order valence-electron chi connectivity index (χ1n) is 5.32. The fourth-order valence-corrected chi connectivity index (χ4v) is 1.45. The van der Waals surface area contributed by atoms with Crippen molar-refractivity contribution in [1.82, 2.24) is 10.2 Å². The third-order valence-electron chi connectivity index (χ3n) is 2.57. The Morgan fingerprint density at radius 1 is 1.28 bits per heavy atom. The zero-order valence-corrected chi connectivity index (χ0v) is 10.0. The third-order valence-corrected chi connectivity index (χ3v) is 2.57. The molecule has 2 rings (SSSR count). The van der Waals surface area contributed by atoms with Gasteiger partial charge in [0.05, 0.1) is 5.69 Å². The lowest BCUT2D eigenvalue weighted by Crippen LogP contribution is -2.00. The largest absolute Gasteiger partial charge is 0.508 e. The summed E-state index contributed by atoms with van der Waals surface area (Å²) in [5, 5.41) is 26.2. The first-order valence-corrected chi connectivity index (χ1v) is 5.32. The van der Waals surface area contributed by atoms with E-state index in [-0.39, 0.29) is 11.6 Å². The highest BCUT2D eigenvalue weighted by atomic mass is 16.5. The highest BCUT2D eigenvalue weighted by molar-refractivity contribution is 5.47. The number of phenols is 1. The number of aryl methyl sites for hydroxylation is 1. The van der Waals surface area contributed by atoms with Crippen LogP contribution in [0.3, 0.4) is 0 Å². The van der Waals surface area contributed by atoms with Crippen molar-refractivity contribution in [1.29, 1.82) is 5.26 Å². The standard InChI is InChI=1S/C13H11N3O2/c1-8-9(2)15-16-13(12(8)7-14)18-11-5-3-4-10(17)6-11/h3-6,17H,1-2H3. The first-order chi connectivity index (χ1) is 8.61. The fourth-order valence-electron chi connectivity index (χ4n) is 1.45. The van der Waals surface area contributed by atoms with Crippen molar-refractivity contribution in [2.24, 2.45) is 0 Å². The second kappa shape index (κ2) is 4.72. The Morgan fingerprint density at radius 3 is 2.72 bits per heavy atom. The van der Waals surface area contributed by atoms with Crippen LogP contribution in [0.1, 0.15) is 16.8 Å². The van der Waals surface area contributed by atoms with Crippen molar-refractivity contribution >= 4 is 0 Å². The molecule has 0 aliphatic heterocycles. The molecule has 0 radical (unpaired) electrons. The summed E-state index contributed by atoms with van der Waals surface area (Å²) in [6.07, 6.45) is 0. The Balaban J connectivity index is 2.42. The molecule has 1 N–H and O–H groups in total. The minimum Gasteiger partial charge on any atom is -0.508 e. The van der Waals surface area contributed by atoms with Gasteiger partial charge in [-0.3, -0.25) is 0 Å². The fraction of sp³-hybridized carbons (Fsp3) is 0.154. The van der Waals surface area contributed by atoms with E-state index in [1.54, 1.807) is 26.0 Å². The van der Waals surface area contributed by atoms with E-state index in [2.05, 4.69) is 10.2 Å². The van der Waals surface area contributed by atoms with E-state index < -0.39 is 0 Å². The first kappa shape index (κ1) is 11.9. The summed E-state index contributed by atoms with van der Waals surface area (Å²) in [4.78, 5) is 0. The number of phenolic OH excluding ortho intramolecular Hbond substituents is 1. The smallest absolute Gasteiger partial charge is 0.257 e. The third kappa shape index (κ3) is 2.23. The molecular weight excluding hydrogens is 230 g/mol. The van der Waals surface area contributed by atoms with Crippen LogP contribution in [-0.2, 0) is 0 Å². The molecule has 5 heteroatoms. The van der Waals surface area contributed by atoms with Crippen molar-refractivity contribution < 1.29 is 9.84 Å². The van der Waals surface area contributed by atoms with Crippen molar-refractivity contribution in [2.75, 3.05) is 0 Å². The predicted molar refractivity (Wildman–Crippen MR) is 64.4 cm³/mol. The van der Waals surface area contributed by atoms with Gasteiger partial charge in [-0.15, -0.1) is 5.10 Å². The topological polar surface area (TPSA) is 79.0 Å². The monoisotopic (exact) mass is 241 g/mol. The number of nitriles is 1. The van der Waals surface area contributed by atoms with Gasteiger partial charge < -0.3 is 9.84 Å². The van der Waals surface area contributed by atoms with Crippen molar-refractivity contribution in [2.45, 2.75) is 13.8 Å². The number of hydrogen-bond acceptors (Lipinski definition) is 5. The predicted octanol–water partition coefficient (Wildman–Crippen LogP) is 2.46. The second-order valence-corrected chi connectivity index (χ2v) is 3.80. The molecular formula is C13H11N3O2. The highest BCUT2D eigenvalue weighted by Gasteiger charge is 2.12. The van der Waals surface area contributed by atoms with Crippen molar-refractivity contribution in [3.05, 3.63) is 41.1 Å². The van der Waals surface area contributed by atoms with Crippen LogP contribution in [0, 0.1) is 25.2 Å². The van der Waals surface area contributed by atoms with E-state index in [0.717, 1.165) is 5.56 Å². The summed E-state index contributed by atoms with van der Waals surface area (Å²) < 4.78 is 5.46. The van der Waals surface area contributed by atoms with Gasteiger partial charge in [-0.1, -0.05) is 6.07 Å². The summed E-state index contributed by atoms with van der Waals surface area (Å²) in [5.74, 6) is 0.637. The maximum atomic E-state index is 9.34. The molecule has 0 bridgehead atoms. The Hall–Kier alpha value is -2.61. The van der Waals surface area contributed by atoms with Crippen molar-refractivity contribution in [3.63, 3.8) is 0 Å². The number of aromatic nitrogens is 2. The average molecular weight is 241 g/mol. The molecule has 1 heterocycles. The number of rotatable bonds is 2. The van der Waals surface area contributed by atoms with Gasteiger partial charge >= 0.3 is 0 Å². The molecule has 90 valence electrons. The van der Waals surface area contributed by atoms with Gasteiger partial charge in [0, 0.05) is 6.07 Å². The van der Waals surface area contributed by atoms with Crippen LogP contribution in [0.2, 0.25) is 0 Å². The zero-order chi connectivity index (χ0) is 13.1. The van der Waals surface area contributed by atoms with Crippen molar-refractivity contribution in [3.8, 4) is 23.4 Å². The number of ether oxygens (including phenoxy) is 1. The molecule has 1 aromatic carbocycles. The van der Waals surface area contributed by atoms with E-state index in [1.165, 1.54) is 12.1 Å². The number of nitrogens with zero attached hydrogens (tertiary/aromatic N) is 3. The molecule has 0 amide bonds. The van der Waals surface area contributed by atoms with Crippen LogP contribution in [0.15, 0.2) is 24.3 Å². The van der Waals surface area contributed by atoms with Gasteiger partial charge in [0.1, 0.15) is 23.1 Å². The molecule has 0 fully saturated rings. The zero-order valence-electron chi connectivity index (χ0n) is 10.0. The van der Waals surface area contributed by atoms with E-state index in [1.807, 2.05) is 6.07 Å². The minimum atomic E-state index is 0.0859. The quantitative estimate of drug-likeness (QED) is 0.873. The van der Waals surface area contributed by atoms with E-state index >= 15 is 0 Å². The maximum Gasteiger partial charge on any atom is 0.257 e. The maximum absolute atomic E-state index is 9.34. The Labute approximate surface area is 104 Å². The van der Waals surface area contributed by atoms with Crippen LogP contribution < -0.4 is 4.74 Å². The lowest BCUT2D eigenvalue weighted by molar-refractivity contribution is 0.438. The van der Waals surface area contributed by atoms with Gasteiger partial charge in [-0.05, 0) is 31.5 Å². The lowest BCUT2D eigenvalue weighted by atomic mass is 10.1. The number of benzene rings is 1. The summed E-state index contributed by atoms with van der Waals surface area (Å²) in [7, 11) is 0. The molecule has 0 unspecified atom stereocenters. The van der Waals surface area contributed by atoms with E-state index in [4.69, 9.17) is 10.00 Å². The van der Waals surface area contributed by atoms with Crippen LogP contribution in [0.25, 0.3) is 0 Å². The second-order valence-electron chi connectivity index (χ2n) is 3.80. The van der Waals surface area contributed by atoms with E-state index in [0.29, 0.717) is 17.0 Å². The Bertz CT molecular complexity index is 633. The average Bonchev–Trinajstić information content (AvgIpc) is 2.34. The van der Waals surface area contributed by atoms with Gasteiger partial charge in [-0.2, -0.15) is 10.4 Å². The number of hydrogen-bond donors (Lipinski definition) is 1. The SMILES string of the molecule is Cc1nnc(Oc2cccc(O)c2)c(C#N)c1C. The molecule has 2 aromatic rings. The summed E-state index contributed by atoms with van der Waals surface area (Å²) in [6, 6.07) is 8.33. The Morgan fingerprint density at radius 2 is 2.06 bits per heavy atom. The normalized spacial score (nSPS) is 9.83. The van der Waals surface area contributed by atoms with Crippen LogP contribution in [0.5, 0.6) is 17.4 Å². The molecule has 1 aromatic heterocycles. The van der Waals surface area contributed by atoms with Crippen LogP contribution in [0.4, 0.5) is 0 Å². The van der Waals surface area contributed by atoms with Crippen LogP contribution >= 0.6 is 0 Å². The lowest BCUT2D eigenvalue weighted by Gasteiger charge is -2.08. The van der Waals surface area contributed by atoms with Gasteiger partial charge in [0.2, 0.25) is 0 Å². The highest BCUT2D eigenvalue weighted by Crippen LogP contribution is 2.27. The molecule has 0 saturated heterocycles. The summed E-state index contributed by atoms with van der Waals surface area (Å²) >= 11 is 0. The molecule has 0 aliphatic carbocycles. The molecule has 0 spiro atoms. The molecule has 0 saturated carbocycles. The summed E-state index contributed by atoms with van der Waals surface area (Å²) in [5.41, 5.74) is 1.78. The molecule has 5 nitrogen and oxygen atoms in total.